The predicted octanol–water partition coefficient (Wildman–Crippen LogP) is 1.72. The van der Waals surface area contributed by atoms with Crippen LogP contribution in [0.2, 0.25) is 0 Å². The van der Waals surface area contributed by atoms with Crippen molar-refractivity contribution in [2.45, 2.75) is 38.1 Å². The summed E-state index contributed by atoms with van der Waals surface area (Å²) in [4.78, 5) is 12.8. The zero-order chi connectivity index (χ0) is 17.2. The zero-order valence-corrected chi connectivity index (χ0v) is 14.6. The summed E-state index contributed by atoms with van der Waals surface area (Å²) in [6.45, 7) is 4.87. The van der Waals surface area contributed by atoms with E-state index in [2.05, 4.69) is 41.6 Å². The molecule has 4 rings (SSSR count). The van der Waals surface area contributed by atoms with Gasteiger partial charge in [-0.2, -0.15) is 0 Å². The molecular formula is C17H24FN7. The first kappa shape index (κ1) is 16.4. The lowest BCUT2D eigenvalue weighted by Gasteiger charge is -2.32. The number of aromatic nitrogens is 5. The van der Waals surface area contributed by atoms with Crippen LogP contribution in [0.5, 0.6) is 0 Å². The summed E-state index contributed by atoms with van der Waals surface area (Å²) in [6, 6.07) is 0. The average molecular weight is 345 g/mol. The normalized spacial score (nSPS) is 21.8. The number of halogens is 1. The molecule has 2 aromatic heterocycles. The van der Waals surface area contributed by atoms with Crippen LogP contribution >= 0.6 is 0 Å². The number of likely N-dealkylation sites (tertiary alicyclic amines) is 1. The molecule has 2 aromatic rings. The largest absolute Gasteiger partial charge is 0.340 e. The zero-order valence-electron chi connectivity index (χ0n) is 14.6. The summed E-state index contributed by atoms with van der Waals surface area (Å²) in [5.74, 6) is 2.54. The molecule has 0 radical (unpaired) electrons. The molecule has 2 saturated heterocycles. The van der Waals surface area contributed by atoms with Crippen molar-refractivity contribution in [3.8, 4) is 0 Å². The number of anilines is 1. The second kappa shape index (κ2) is 7.03. The van der Waals surface area contributed by atoms with E-state index in [0.29, 0.717) is 11.9 Å². The summed E-state index contributed by atoms with van der Waals surface area (Å²) in [5, 5.41) is 8.92. The Morgan fingerprint density at radius 1 is 1.08 bits per heavy atom. The van der Waals surface area contributed by atoms with E-state index in [1.807, 2.05) is 0 Å². The number of hydrogen-bond acceptors (Lipinski definition) is 6. The summed E-state index contributed by atoms with van der Waals surface area (Å²) in [5.41, 5.74) is 0. The summed E-state index contributed by atoms with van der Waals surface area (Å²) < 4.78 is 15.2. The molecule has 7 nitrogen and oxygen atoms in total. The lowest BCUT2D eigenvalue weighted by molar-refractivity contribution is 0.317. The van der Waals surface area contributed by atoms with Crippen molar-refractivity contribution in [2.75, 3.05) is 31.1 Å². The van der Waals surface area contributed by atoms with Gasteiger partial charge in [0.15, 0.2) is 5.82 Å². The maximum Gasteiger partial charge on any atom is 0.225 e. The summed E-state index contributed by atoms with van der Waals surface area (Å²) >= 11 is 0. The Labute approximate surface area is 146 Å². The average Bonchev–Trinajstić information content (AvgIpc) is 3.27. The van der Waals surface area contributed by atoms with Crippen LogP contribution in [-0.2, 0) is 13.6 Å². The van der Waals surface area contributed by atoms with Gasteiger partial charge in [0.1, 0.15) is 11.6 Å². The fourth-order valence-corrected chi connectivity index (χ4v) is 3.85. The molecule has 2 aliphatic heterocycles. The summed E-state index contributed by atoms with van der Waals surface area (Å²) in [6.07, 6.45) is 7.12. The van der Waals surface area contributed by atoms with E-state index in [4.69, 9.17) is 0 Å². The molecule has 1 atom stereocenters. The van der Waals surface area contributed by atoms with Crippen molar-refractivity contribution in [3.63, 3.8) is 0 Å². The molecule has 0 unspecified atom stereocenters. The quantitative estimate of drug-likeness (QED) is 0.841. The predicted molar refractivity (Wildman–Crippen MR) is 91.7 cm³/mol. The molecule has 0 amide bonds. The van der Waals surface area contributed by atoms with Crippen LogP contribution in [0, 0.1) is 5.82 Å². The van der Waals surface area contributed by atoms with Gasteiger partial charge in [-0.1, -0.05) is 0 Å². The van der Waals surface area contributed by atoms with E-state index >= 15 is 0 Å². The van der Waals surface area contributed by atoms with Gasteiger partial charge in [0.05, 0.1) is 18.9 Å². The van der Waals surface area contributed by atoms with Crippen molar-refractivity contribution in [2.24, 2.45) is 7.05 Å². The highest BCUT2D eigenvalue weighted by Crippen LogP contribution is 2.28. The van der Waals surface area contributed by atoms with Crippen molar-refractivity contribution in [3.05, 3.63) is 29.9 Å². The maximum absolute atomic E-state index is 13.0. The monoisotopic (exact) mass is 345 g/mol. The first-order chi connectivity index (χ1) is 12.2. The minimum Gasteiger partial charge on any atom is -0.340 e. The van der Waals surface area contributed by atoms with E-state index < -0.39 is 5.82 Å². The Hall–Kier alpha value is -2.09. The third kappa shape index (κ3) is 3.49. The first-order valence-electron chi connectivity index (χ1n) is 9.04. The first-order valence-corrected chi connectivity index (χ1v) is 9.04. The lowest BCUT2D eigenvalue weighted by atomic mass is 9.97. The van der Waals surface area contributed by atoms with Crippen molar-refractivity contribution < 1.29 is 4.39 Å². The second-order valence-electron chi connectivity index (χ2n) is 7.00. The molecule has 4 heterocycles. The van der Waals surface area contributed by atoms with Gasteiger partial charge in [-0.15, -0.1) is 10.2 Å². The molecule has 0 aliphatic carbocycles. The van der Waals surface area contributed by atoms with Crippen LogP contribution < -0.4 is 4.90 Å². The van der Waals surface area contributed by atoms with Crippen LogP contribution in [0.1, 0.15) is 43.3 Å². The molecule has 25 heavy (non-hydrogen) atoms. The van der Waals surface area contributed by atoms with E-state index in [-0.39, 0.29) is 0 Å². The van der Waals surface area contributed by atoms with Gasteiger partial charge < -0.3 is 9.47 Å². The third-order valence-corrected chi connectivity index (χ3v) is 5.24. The summed E-state index contributed by atoms with van der Waals surface area (Å²) in [7, 11) is 2.06. The topological polar surface area (TPSA) is 63.0 Å². The van der Waals surface area contributed by atoms with E-state index in [1.54, 1.807) is 0 Å². The van der Waals surface area contributed by atoms with Crippen LogP contribution in [0.3, 0.4) is 0 Å². The third-order valence-electron chi connectivity index (χ3n) is 5.24. The minimum atomic E-state index is -0.405. The van der Waals surface area contributed by atoms with Crippen molar-refractivity contribution in [1.82, 2.24) is 29.6 Å². The van der Waals surface area contributed by atoms with Crippen molar-refractivity contribution >= 4 is 5.95 Å². The Kier molecular flexibility index (Phi) is 4.61. The van der Waals surface area contributed by atoms with Gasteiger partial charge in [-0.05, 0) is 38.8 Å². The Bertz CT molecular complexity index is 708. The number of rotatable bonds is 4. The van der Waals surface area contributed by atoms with Crippen LogP contribution in [0.25, 0.3) is 0 Å². The molecular weight excluding hydrogens is 321 g/mol. The highest BCUT2D eigenvalue weighted by Gasteiger charge is 2.27. The van der Waals surface area contributed by atoms with Crippen LogP contribution in [0.4, 0.5) is 10.3 Å². The molecule has 0 aromatic carbocycles. The van der Waals surface area contributed by atoms with E-state index in [9.17, 15) is 4.39 Å². The smallest absolute Gasteiger partial charge is 0.225 e. The number of nitrogens with zero attached hydrogens (tertiary/aromatic N) is 7. The lowest BCUT2D eigenvalue weighted by Crippen LogP contribution is -2.36. The fraction of sp³-hybridized carbons (Fsp3) is 0.647. The molecule has 8 heteroatoms. The van der Waals surface area contributed by atoms with Gasteiger partial charge in [-0.25, -0.2) is 14.4 Å². The molecule has 0 bridgehead atoms. The van der Waals surface area contributed by atoms with E-state index in [0.717, 1.165) is 57.2 Å². The molecule has 0 saturated carbocycles. The molecule has 0 spiro atoms. The van der Waals surface area contributed by atoms with Crippen LogP contribution in [-0.4, -0.2) is 55.8 Å². The minimum absolute atomic E-state index is 0.298. The molecule has 2 aliphatic rings. The van der Waals surface area contributed by atoms with Gasteiger partial charge >= 0.3 is 0 Å². The Morgan fingerprint density at radius 2 is 1.84 bits per heavy atom. The highest BCUT2D eigenvalue weighted by atomic mass is 19.1. The molecule has 134 valence electrons. The highest BCUT2D eigenvalue weighted by molar-refractivity contribution is 5.31. The Morgan fingerprint density at radius 3 is 2.60 bits per heavy atom. The Balaban J connectivity index is 1.47. The van der Waals surface area contributed by atoms with E-state index in [1.165, 1.54) is 25.2 Å². The van der Waals surface area contributed by atoms with Crippen molar-refractivity contribution in [1.29, 1.82) is 0 Å². The maximum atomic E-state index is 13.0. The number of hydrogen-bond donors (Lipinski definition) is 0. The van der Waals surface area contributed by atoms with Gasteiger partial charge in [0.25, 0.3) is 0 Å². The van der Waals surface area contributed by atoms with Crippen LogP contribution in [0.15, 0.2) is 12.4 Å². The van der Waals surface area contributed by atoms with Gasteiger partial charge in [0, 0.05) is 26.1 Å². The number of piperidine rings is 1. The second-order valence-corrected chi connectivity index (χ2v) is 7.00. The fourth-order valence-electron chi connectivity index (χ4n) is 3.85. The molecule has 2 fully saturated rings. The van der Waals surface area contributed by atoms with Gasteiger partial charge in [0.2, 0.25) is 5.95 Å². The van der Waals surface area contributed by atoms with Gasteiger partial charge in [-0.3, -0.25) is 4.90 Å². The SMILES string of the molecule is Cn1c(CN2CCCC2)nnc1[C@H]1CCCN(c2ncc(F)cn2)C1. The standard InChI is InChI=1S/C17H24FN7/c1-23-15(12-24-6-2-3-7-24)21-22-16(23)13-5-4-8-25(11-13)17-19-9-14(18)10-20-17/h9-10,13H,2-8,11-12H2,1H3/t13-/m0/s1. The molecule has 0 N–H and O–H groups in total.